The number of esters is 2. The lowest BCUT2D eigenvalue weighted by molar-refractivity contribution is -0.384. The molecule has 4 fully saturated rings. The number of hydrogen-bond donors (Lipinski definition) is 2. The summed E-state index contributed by atoms with van der Waals surface area (Å²) in [4.78, 5) is 24.7. The third kappa shape index (κ3) is 2.77. The summed E-state index contributed by atoms with van der Waals surface area (Å²) in [6.45, 7) is 6.21. The van der Waals surface area contributed by atoms with Crippen LogP contribution >= 0.6 is 0 Å². The fraction of sp³-hybridized carbons (Fsp3) is 0.750. The van der Waals surface area contributed by atoms with Gasteiger partial charge in [-0.1, -0.05) is 38.8 Å². The highest BCUT2D eigenvalue weighted by Gasteiger charge is 2.89. The molecule has 0 aromatic carbocycles. The van der Waals surface area contributed by atoms with Crippen LogP contribution in [-0.4, -0.2) is 52.7 Å². The molecule has 3 spiro atoms. The lowest BCUT2D eigenvalue weighted by Gasteiger charge is -2.82. The molecule has 4 saturated carbocycles. The van der Waals surface area contributed by atoms with Crippen LogP contribution in [0.4, 0.5) is 0 Å². The van der Waals surface area contributed by atoms with Gasteiger partial charge in [0.05, 0.1) is 29.3 Å². The van der Waals surface area contributed by atoms with Crippen molar-refractivity contribution < 1.29 is 34.0 Å². The zero-order valence-corrected chi connectivity index (χ0v) is 23.5. The number of hydrogen-bond acceptors (Lipinski definition) is 7. The van der Waals surface area contributed by atoms with Gasteiger partial charge >= 0.3 is 11.9 Å². The van der Waals surface area contributed by atoms with Crippen molar-refractivity contribution in [3.05, 3.63) is 35.6 Å². The molecule has 7 aliphatic rings. The highest BCUT2D eigenvalue weighted by Crippen LogP contribution is 2.85. The van der Waals surface area contributed by atoms with Crippen molar-refractivity contribution in [2.24, 2.45) is 27.1 Å². The zero-order chi connectivity index (χ0) is 27.5. The number of cyclic esters (lactones) is 1. The van der Waals surface area contributed by atoms with E-state index in [0.717, 1.165) is 50.5 Å². The summed E-state index contributed by atoms with van der Waals surface area (Å²) in [5.74, 6) is -0.646. The molecule has 8 atom stereocenters. The van der Waals surface area contributed by atoms with Gasteiger partial charge in [-0.05, 0) is 79.8 Å². The lowest BCUT2D eigenvalue weighted by atomic mass is 9.24. The van der Waals surface area contributed by atoms with Crippen molar-refractivity contribution in [1.29, 1.82) is 0 Å². The van der Waals surface area contributed by atoms with Crippen molar-refractivity contribution in [1.82, 2.24) is 0 Å². The smallest absolute Gasteiger partial charge is 0.331 e. The van der Waals surface area contributed by atoms with Crippen molar-refractivity contribution in [3.63, 3.8) is 0 Å². The summed E-state index contributed by atoms with van der Waals surface area (Å²) in [5, 5.41) is 24.8. The van der Waals surface area contributed by atoms with Gasteiger partial charge in [-0.3, -0.25) is 4.79 Å². The van der Waals surface area contributed by atoms with Gasteiger partial charge in [0, 0.05) is 18.4 Å². The highest BCUT2D eigenvalue weighted by molar-refractivity contribution is 5.85. The van der Waals surface area contributed by atoms with Gasteiger partial charge in [0.1, 0.15) is 18.3 Å². The molecule has 7 heteroatoms. The van der Waals surface area contributed by atoms with Crippen LogP contribution in [0, 0.1) is 27.1 Å². The molecule has 212 valence electrons. The van der Waals surface area contributed by atoms with E-state index < -0.39 is 40.2 Å². The maximum atomic E-state index is 12.8. The largest absolute Gasteiger partial charge is 0.493 e. The Balaban J connectivity index is 1.54. The topological polar surface area (TPSA) is 102 Å². The molecule has 7 rings (SSSR count). The Hall–Kier alpha value is -2.12. The molecule has 4 bridgehead atoms. The van der Waals surface area contributed by atoms with Crippen LogP contribution in [0.5, 0.6) is 0 Å². The maximum Gasteiger partial charge on any atom is 0.331 e. The maximum absolute atomic E-state index is 12.8. The average molecular weight is 539 g/mol. The first-order valence-corrected chi connectivity index (χ1v) is 15.0. The molecule has 5 aliphatic carbocycles. The summed E-state index contributed by atoms with van der Waals surface area (Å²) >= 11 is 0. The minimum atomic E-state index is -1.11. The second-order valence-electron chi connectivity index (χ2n) is 14.2. The SMILES string of the molecule is CC(=O)O[C@@H]1C[C@]2(C)C=C[C@H](O)[C@@]34[C@@H](O)CC[C@@]5(C)CCC6(CCCC6)C(=COC32CCC2=CC(=O)OC2)[C@@]154. The Bertz CT molecular complexity index is 1210. The molecule has 1 unspecified atom stereocenters. The van der Waals surface area contributed by atoms with Gasteiger partial charge in [0.15, 0.2) is 0 Å². The van der Waals surface area contributed by atoms with E-state index >= 15 is 0 Å². The number of aliphatic hydroxyl groups is 2. The molecule has 2 heterocycles. The second kappa shape index (κ2) is 8.00. The van der Waals surface area contributed by atoms with E-state index in [9.17, 15) is 19.8 Å². The Labute approximate surface area is 230 Å². The van der Waals surface area contributed by atoms with E-state index in [2.05, 4.69) is 13.8 Å². The molecule has 0 aromatic heterocycles. The summed E-state index contributed by atoms with van der Waals surface area (Å²) in [7, 11) is 0. The van der Waals surface area contributed by atoms with E-state index in [4.69, 9.17) is 14.2 Å². The summed E-state index contributed by atoms with van der Waals surface area (Å²) < 4.78 is 18.8. The first-order valence-electron chi connectivity index (χ1n) is 15.0. The molecule has 7 nitrogen and oxygen atoms in total. The normalized spacial score (nSPS) is 48.5. The molecule has 2 N–H and O–H groups in total. The number of carbonyl (C=O) groups excluding carboxylic acids is 2. The number of fused-ring (bicyclic) bond motifs is 1. The van der Waals surface area contributed by atoms with Crippen molar-refractivity contribution >= 4 is 11.9 Å². The van der Waals surface area contributed by atoms with E-state index in [1.54, 1.807) is 6.08 Å². The van der Waals surface area contributed by atoms with Crippen molar-refractivity contribution in [3.8, 4) is 0 Å². The molecule has 2 aliphatic heterocycles. The molecule has 0 aromatic rings. The zero-order valence-electron chi connectivity index (χ0n) is 23.5. The summed E-state index contributed by atoms with van der Waals surface area (Å²) in [6.07, 6.45) is 14.6. The Kier molecular flexibility index (Phi) is 5.30. The van der Waals surface area contributed by atoms with Crippen LogP contribution in [0.3, 0.4) is 0 Å². The fourth-order valence-electron chi connectivity index (χ4n) is 11.5. The van der Waals surface area contributed by atoms with Crippen LogP contribution in [0.15, 0.2) is 35.6 Å². The number of aliphatic hydroxyl groups excluding tert-OH is 2. The van der Waals surface area contributed by atoms with Gasteiger partial charge in [-0.15, -0.1) is 0 Å². The van der Waals surface area contributed by atoms with Crippen LogP contribution in [0.2, 0.25) is 0 Å². The predicted octanol–water partition coefficient (Wildman–Crippen LogP) is 4.66. The van der Waals surface area contributed by atoms with E-state index in [1.165, 1.54) is 12.5 Å². The van der Waals surface area contributed by atoms with Crippen LogP contribution in [-0.2, 0) is 23.8 Å². The van der Waals surface area contributed by atoms with Crippen molar-refractivity contribution in [2.75, 3.05) is 6.61 Å². The minimum absolute atomic E-state index is 0.0724. The number of ether oxygens (including phenoxy) is 3. The predicted molar refractivity (Wildman–Crippen MR) is 142 cm³/mol. The first-order chi connectivity index (χ1) is 18.5. The van der Waals surface area contributed by atoms with E-state index in [-0.39, 0.29) is 29.4 Å². The molecule has 0 radical (unpaired) electrons. The van der Waals surface area contributed by atoms with Gasteiger partial charge < -0.3 is 24.4 Å². The Morgan fingerprint density at radius 1 is 1.13 bits per heavy atom. The fourth-order valence-corrected chi connectivity index (χ4v) is 11.5. The quantitative estimate of drug-likeness (QED) is 0.396. The summed E-state index contributed by atoms with van der Waals surface area (Å²) in [5.41, 5.74) is -1.75. The minimum Gasteiger partial charge on any atom is -0.493 e. The standard InChI is InChI=1S/C32H42O7/c1-20(33)39-25-17-28(3)12-8-24(35)32-23(34)7-11-27(2)14-15-29(9-4-5-10-29)22(31(25,27)32)19-38-30(28,32)13-6-21-16-26(36)37-18-21/h8,12,16,19,23-25,34-35H,4-7,9-11,13-15,17-18H2,1-3H3/t23-,24-,25+,27-,28-,30?,31+,32-/m0/s1. The van der Waals surface area contributed by atoms with Gasteiger partial charge in [-0.2, -0.15) is 0 Å². The second-order valence-corrected chi connectivity index (χ2v) is 14.2. The number of rotatable bonds is 4. The lowest BCUT2D eigenvalue weighted by Crippen LogP contribution is -2.87. The molecular formula is C32H42O7. The summed E-state index contributed by atoms with van der Waals surface area (Å²) in [6, 6.07) is 0. The molecule has 0 saturated heterocycles. The highest BCUT2D eigenvalue weighted by atomic mass is 16.5. The molecular weight excluding hydrogens is 496 g/mol. The molecule has 39 heavy (non-hydrogen) atoms. The van der Waals surface area contributed by atoms with Gasteiger partial charge in [0.2, 0.25) is 0 Å². The third-order valence-corrected chi connectivity index (χ3v) is 12.8. The molecule has 0 amide bonds. The number of carbonyl (C=O) groups is 2. The van der Waals surface area contributed by atoms with Crippen molar-refractivity contribution in [2.45, 2.75) is 115 Å². The van der Waals surface area contributed by atoms with Crippen LogP contribution in [0.25, 0.3) is 0 Å². The first kappa shape index (κ1) is 25.8. The Morgan fingerprint density at radius 3 is 2.59 bits per heavy atom. The van der Waals surface area contributed by atoms with E-state index in [1.807, 2.05) is 18.4 Å². The Morgan fingerprint density at radius 2 is 1.90 bits per heavy atom. The van der Waals surface area contributed by atoms with Gasteiger partial charge in [0.25, 0.3) is 0 Å². The average Bonchev–Trinajstić information content (AvgIpc) is 3.53. The third-order valence-electron chi connectivity index (χ3n) is 12.8. The van der Waals surface area contributed by atoms with E-state index in [0.29, 0.717) is 25.7 Å². The monoisotopic (exact) mass is 538 g/mol. The van der Waals surface area contributed by atoms with Crippen LogP contribution in [0.1, 0.15) is 91.4 Å². The van der Waals surface area contributed by atoms with Crippen LogP contribution < -0.4 is 0 Å². The van der Waals surface area contributed by atoms with Gasteiger partial charge in [-0.25, -0.2) is 4.79 Å².